The van der Waals surface area contributed by atoms with Gasteiger partial charge in [0.05, 0.1) is 22.7 Å². The van der Waals surface area contributed by atoms with Crippen LogP contribution in [0.5, 0.6) is 5.75 Å². The predicted octanol–water partition coefficient (Wildman–Crippen LogP) is 5.18. The minimum absolute atomic E-state index is 0.421. The van der Waals surface area contributed by atoms with E-state index in [9.17, 15) is 0 Å². The van der Waals surface area contributed by atoms with Gasteiger partial charge in [0, 0.05) is 11.3 Å². The van der Waals surface area contributed by atoms with Gasteiger partial charge in [-0.05, 0) is 37.3 Å². The van der Waals surface area contributed by atoms with Crippen molar-refractivity contribution in [3.63, 3.8) is 0 Å². The molecule has 2 aromatic carbocycles. The SMILES string of the molecule is CCOc1ccc(Nc2nc3ccccc3s2)cc1CCl. The molecule has 0 saturated carbocycles. The van der Waals surface area contributed by atoms with Gasteiger partial charge in [-0.3, -0.25) is 0 Å². The third-order valence-electron chi connectivity index (χ3n) is 3.05. The maximum atomic E-state index is 5.99. The maximum Gasteiger partial charge on any atom is 0.188 e. The smallest absolute Gasteiger partial charge is 0.188 e. The minimum atomic E-state index is 0.421. The Morgan fingerprint density at radius 3 is 2.86 bits per heavy atom. The van der Waals surface area contributed by atoms with Gasteiger partial charge in [0.25, 0.3) is 0 Å². The van der Waals surface area contributed by atoms with Crippen molar-refractivity contribution in [3.8, 4) is 5.75 Å². The summed E-state index contributed by atoms with van der Waals surface area (Å²) in [6.45, 7) is 2.60. The van der Waals surface area contributed by atoms with Crippen LogP contribution in [0.4, 0.5) is 10.8 Å². The molecule has 0 unspecified atom stereocenters. The summed E-state index contributed by atoms with van der Waals surface area (Å²) in [4.78, 5) is 4.57. The number of nitrogens with zero attached hydrogens (tertiary/aromatic N) is 1. The van der Waals surface area contributed by atoms with Gasteiger partial charge >= 0.3 is 0 Å². The Hall–Kier alpha value is -1.78. The lowest BCUT2D eigenvalue weighted by Crippen LogP contribution is -1.97. The molecule has 3 nitrogen and oxygen atoms in total. The highest BCUT2D eigenvalue weighted by molar-refractivity contribution is 7.22. The zero-order valence-electron chi connectivity index (χ0n) is 11.6. The van der Waals surface area contributed by atoms with Crippen LogP contribution in [0.1, 0.15) is 12.5 Å². The van der Waals surface area contributed by atoms with Gasteiger partial charge in [-0.15, -0.1) is 11.6 Å². The molecule has 1 heterocycles. The van der Waals surface area contributed by atoms with Crippen LogP contribution in [0.3, 0.4) is 0 Å². The third kappa shape index (κ3) is 3.12. The monoisotopic (exact) mass is 318 g/mol. The number of hydrogen-bond acceptors (Lipinski definition) is 4. The fraction of sp³-hybridized carbons (Fsp3) is 0.188. The number of hydrogen-bond donors (Lipinski definition) is 1. The van der Waals surface area contributed by atoms with Crippen LogP contribution >= 0.6 is 22.9 Å². The number of rotatable bonds is 5. The molecule has 0 bridgehead atoms. The Morgan fingerprint density at radius 1 is 1.24 bits per heavy atom. The van der Waals surface area contributed by atoms with Crippen molar-refractivity contribution in [2.45, 2.75) is 12.8 Å². The van der Waals surface area contributed by atoms with E-state index in [4.69, 9.17) is 16.3 Å². The first-order valence-corrected chi connectivity index (χ1v) is 8.09. The number of thiazole rings is 1. The Labute approximate surface area is 132 Å². The summed E-state index contributed by atoms with van der Waals surface area (Å²) in [7, 11) is 0. The van der Waals surface area contributed by atoms with Gasteiger partial charge in [-0.25, -0.2) is 4.98 Å². The van der Waals surface area contributed by atoms with Crippen molar-refractivity contribution in [3.05, 3.63) is 48.0 Å². The van der Waals surface area contributed by atoms with Crippen LogP contribution in [0, 0.1) is 0 Å². The number of alkyl halides is 1. The number of halogens is 1. The Morgan fingerprint density at radius 2 is 2.10 bits per heavy atom. The summed E-state index contributed by atoms with van der Waals surface area (Å²) < 4.78 is 6.73. The summed E-state index contributed by atoms with van der Waals surface area (Å²) in [5.74, 6) is 1.26. The van der Waals surface area contributed by atoms with Crippen LogP contribution in [0.2, 0.25) is 0 Å². The molecule has 1 N–H and O–H groups in total. The molecule has 0 aliphatic carbocycles. The molecule has 0 saturated heterocycles. The topological polar surface area (TPSA) is 34.1 Å². The molecule has 0 amide bonds. The number of para-hydroxylation sites is 1. The van der Waals surface area contributed by atoms with E-state index in [1.54, 1.807) is 11.3 Å². The molecule has 5 heteroatoms. The summed E-state index contributed by atoms with van der Waals surface area (Å²) in [5.41, 5.74) is 2.95. The summed E-state index contributed by atoms with van der Waals surface area (Å²) in [5, 5.41) is 4.21. The molecule has 0 fully saturated rings. The van der Waals surface area contributed by atoms with E-state index in [2.05, 4.69) is 16.4 Å². The second-order valence-corrected chi connectivity index (χ2v) is 5.80. The molecule has 108 valence electrons. The Bertz CT molecular complexity index is 724. The van der Waals surface area contributed by atoms with Gasteiger partial charge in [-0.2, -0.15) is 0 Å². The second kappa shape index (κ2) is 6.33. The fourth-order valence-electron chi connectivity index (χ4n) is 2.11. The van der Waals surface area contributed by atoms with E-state index in [-0.39, 0.29) is 0 Å². The Balaban J connectivity index is 1.86. The van der Waals surface area contributed by atoms with Crippen molar-refractivity contribution in [2.75, 3.05) is 11.9 Å². The van der Waals surface area contributed by atoms with Crippen molar-refractivity contribution in [1.82, 2.24) is 4.98 Å². The molecule has 0 aliphatic heterocycles. The van der Waals surface area contributed by atoms with Crippen LogP contribution in [-0.4, -0.2) is 11.6 Å². The number of fused-ring (bicyclic) bond motifs is 1. The lowest BCUT2D eigenvalue weighted by molar-refractivity contribution is 0.337. The van der Waals surface area contributed by atoms with Gasteiger partial charge in [0.2, 0.25) is 0 Å². The average molecular weight is 319 g/mol. The van der Waals surface area contributed by atoms with Crippen molar-refractivity contribution >= 4 is 44.0 Å². The molecule has 0 spiro atoms. The molecule has 0 radical (unpaired) electrons. The van der Waals surface area contributed by atoms with Gasteiger partial charge in [0.15, 0.2) is 5.13 Å². The normalized spacial score (nSPS) is 10.8. The number of anilines is 2. The van der Waals surface area contributed by atoms with Gasteiger partial charge < -0.3 is 10.1 Å². The Kier molecular flexibility index (Phi) is 4.27. The van der Waals surface area contributed by atoms with Gasteiger partial charge in [-0.1, -0.05) is 23.5 Å². The molecule has 3 aromatic rings. The van der Waals surface area contributed by atoms with Crippen molar-refractivity contribution in [1.29, 1.82) is 0 Å². The van der Waals surface area contributed by atoms with Crippen molar-refractivity contribution < 1.29 is 4.74 Å². The lowest BCUT2D eigenvalue weighted by atomic mass is 10.2. The van der Waals surface area contributed by atoms with E-state index >= 15 is 0 Å². The van der Waals surface area contributed by atoms with E-state index in [1.807, 2.05) is 43.3 Å². The minimum Gasteiger partial charge on any atom is -0.494 e. The zero-order chi connectivity index (χ0) is 14.7. The second-order valence-electron chi connectivity index (χ2n) is 4.50. The van der Waals surface area contributed by atoms with Crippen LogP contribution in [0.15, 0.2) is 42.5 Å². The number of aromatic nitrogens is 1. The van der Waals surface area contributed by atoms with Crippen LogP contribution in [-0.2, 0) is 5.88 Å². The fourth-order valence-corrected chi connectivity index (χ4v) is 3.20. The molecule has 0 atom stereocenters. The summed E-state index contributed by atoms with van der Waals surface area (Å²) in [6.07, 6.45) is 0. The highest BCUT2D eigenvalue weighted by Gasteiger charge is 2.07. The number of ether oxygens (including phenoxy) is 1. The molecular weight excluding hydrogens is 304 g/mol. The van der Waals surface area contributed by atoms with Crippen molar-refractivity contribution in [2.24, 2.45) is 0 Å². The largest absolute Gasteiger partial charge is 0.494 e. The molecule has 21 heavy (non-hydrogen) atoms. The van der Waals surface area contributed by atoms with E-state index in [0.717, 1.165) is 27.6 Å². The van der Waals surface area contributed by atoms with Crippen LogP contribution < -0.4 is 10.1 Å². The first-order valence-electron chi connectivity index (χ1n) is 6.74. The lowest BCUT2D eigenvalue weighted by Gasteiger charge is -2.10. The quantitative estimate of drug-likeness (QED) is 0.658. The standard InChI is InChI=1S/C16H15ClN2OS/c1-2-20-14-8-7-12(9-11(14)10-17)18-16-19-13-5-3-4-6-15(13)21-16/h3-9H,2,10H2,1H3,(H,18,19). The summed E-state index contributed by atoms with van der Waals surface area (Å²) >= 11 is 7.62. The summed E-state index contributed by atoms with van der Waals surface area (Å²) in [6, 6.07) is 14.0. The highest BCUT2D eigenvalue weighted by Crippen LogP contribution is 2.30. The van der Waals surface area contributed by atoms with Crippen LogP contribution in [0.25, 0.3) is 10.2 Å². The molecule has 0 aliphatic rings. The van der Waals surface area contributed by atoms with E-state index in [1.165, 1.54) is 4.70 Å². The molecular formula is C16H15ClN2OS. The predicted molar refractivity (Wildman–Crippen MR) is 90.1 cm³/mol. The number of benzene rings is 2. The zero-order valence-corrected chi connectivity index (χ0v) is 13.2. The maximum absolute atomic E-state index is 5.99. The molecule has 3 rings (SSSR count). The van der Waals surface area contributed by atoms with E-state index < -0.39 is 0 Å². The highest BCUT2D eigenvalue weighted by atomic mass is 35.5. The van der Waals surface area contributed by atoms with Gasteiger partial charge in [0.1, 0.15) is 5.75 Å². The molecule has 1 aromatic heterocycles. The first kappa shape index (κ1) is 14.2. The number of nitrogens with one attached hydrogen (secondary N) is 1. The third-order valence-corrected chi connectivity index (χ3v) is 4.29. The first-order chi connectivity index (χ1) is 10.3. The average Bonchev–Trinajstić information content (AvgIpc) is 2.91. The van der Waals surface area contributed by atoms with E-state index in [0.29, 0.717) is 12.5 Å².